The molecule has 0 spiro atoms. The Balaban J connectivity index is 2.40. The molecule has 0 unspecified atom stereocenters. The van der Waals surface area contributed by atoms with Gasteiger partial charge in [0.05, 0.1) is 19.8 Å². The van der Waals surface area contributed by atoms with Crippen LogP contribution in [-0.2, 0) is 14.3 Å². The first-order chi connectivity index (χ1) is 12.1. The third kappa shape index (κ3) is 4.48. The number of hydrogen-bond acceptors (Lipinski definition) is 6. The van der Waals surface area contributed by atoms with Gasteiger partial charge in [0.15, 0.2) is 5.11 Å². The summed E-state index contributed by atoms with van der Waals surface area (Å²) in [6.07, 6.45) is -2.67. The lowest BCUT2D eigenvalue weighted by Crippen LogP contribution is -2.51. The normalized spacial score (nSPS) is 18.5. The molecule has 2 aliphatic rings. The third-order valence-corrected chi connectivity index (χ3v) is 3.76. The molecule has 2 rings (SSSR count). The number of amides is 2. The second-order valence-electron chi connectivity index (χ2n) is 5.37. The summed E-state index contributed by atoms with van der Waals surface area (Å²) in [7, 11) is 0. The molecule has 0 saturated carbocycles. The number of rotatable bonds is 5. The summed E-state index contributed by atoms with van der Waals surface area (Å²) in [6.45, 7) is 1.05. The molecule has 3 N–H and O–H groups in total. The van der Waals surface area contributed by atoms with Crippen LogP contribution in [0.5, 0.6) is 0 Å². The summed E-state index contributed by atoms with van der Waals surface area (Å²) in [5.41, 5.74) is -1.46. The monoisotopic (exact) mass is 391 g/mol. The molecule has 142 valence electrons. The zero-order chi connectivity index (χ0) is 19.5. The zero-order valence-corrected chi connectivity index (χ0v) is 14.5. The molecule has 0 atom stereocenters. The van der Waals surface area contributed by atoms with Crippen LogP contribution in [0.4, 0.5) is 13.2 Å². The topological polar surface area (TPSA) is 90.9 Å². The highest BCUT2D eigenvalue weighted by Crippen LogP contribution is 2.36. The number of carbonyl (C=O) groups excluding carboxylic acids is 2. The van der Waals surface area contributed by atoms with E-state index in [1.54, 1.807) is 0 Å². The summed E-state index contributed by atoms with van der Waals surface area (Å²) >= 11 is 4.67. The van der Waals surface area contributed by atoms with Crippen LogP contribution in [0.15, 0.2) is 34.7 Å². The van der Waals surface area contributed by atoms with Gasteiger partial charge in [0, 0.05) is 12.2 Å². The summed E-state index contributed by atoms with van der Waals surface area (Å²) in [5, 5.41) is 12.8. The molecule has 0 aromatic carbocycles. The van der Waals surface area contributed by atoms with Crippen LogP contribution in [-0.4, -0.2) is 59.5 Å². The smallest absolute Gasteiger partial charge is 0.394 e. The average Bonchev–Trinajstić information content (AvgIpc) is 2.50. The third-order valence-electron chi connectivity index (χ3n) is 3.56. The van der Waals surface area contributed by atoms with Crippen LogP contribution in [0.1, 0.15) is 6.92 Å². The van der Waals surface area contributed by atoms with Crippen molar-refractivity contribution in [3.8, 4) is 0 Å². The number of nitrogens with zero attached hydrogens (tertiary/aromatic N) is 1. The van der Waals surface area contributed by atoms with E-state index in [9.17, 15) is 22.8 Å². The van der Waals surface area contributed by atoms with Crippen molar-refractivity contribution in [1.29, 1.82) is 0 Å². The molecule has 11 heteroatoms. The number of allylic oxidation sites excluding steroid dienone is 5. The SMILES string of the molecule is CC1=CC(=C2C(=O)NC(=S)NC2=O)C=C(C(F)(F)F)N1CCOCCO. The van der Waals surface area contributed by atoms with Crippen LogP contribution < -0.4 is 10.6 Å². The van der Waals surface area contributed by atoms with E-state index < -0.39 is 29.3 Å². The largest absolute Gasteiger partial charge is 0.431 e. The Bertz CT molecular complexity index is 706. The summed E-state index contributed by atoms with van der Waals surface area (Å²) in [5.74, 6) is -1.73. The van der Waals surface area contributed by atoms with Crippen LogP contribution in [0.25, 0.3) is 0 Å². The number of halogens is 3. The first kappa shape index (κ1) is 20.1. The number of ether oxygens (including phenoxy) is 1. The lowest BCUT2D eigenvalue weighted by atomic mass is 9.99. The van der Waals surface area contributed by atoms with Crippen molar-refractivity contribution in [2.24, 2.45) is 0 Å². The maximum Gasteiger partial charge on any atom is 0.431 e. The highest BCUT2D eigenvalue weighted by atomic mass is 32.1. The van der Waals surface area contributed by atoms with Crippen LogP contribution in [0.2, 0.25) is 0 Å². The minimum absolute atomic E-state index is 0.0111. The van der Waals surface area contributed by atoms with E-state index in [0.29, 0.717) is 0 Å². The predicted octanol–water partition coefficient (Wildman–Crippen LogP) is 0.488. The van der Waals surface area contributed by atoms with E-state index >= 15 is 0 Å². The van der Waals surface area contributed by atoms with Crippen LogP contribution in [0, 0.1) is 0 Å². The Morgan fingerprint density at radius 2 is 1.81 bits per heavy atom. The first-order valence-electron chi connectivity index (χ1n) is 7.49. The van der Waals surface area contributed by atoms with E-state index in [4.69, 9.17) is 9.84 Å². The molecule has 2 amide bonds. The summed E-state index contributed by atoms with van der Waals surface area (Å²) in [6, 6.07) is 0. The van der Waals surface area contributed by atoms with E-state index in [1.807, 2.05) is 0 Å². The number of hydrogen-bond donors (Lipinski definition) is 3. The minimum atomic E-state index is -4.71. The quantitative estimate of drug-likeness (QED) is 0.274. The molecule has 1 fully saturated rings. The Morgan fingerprint density at radius 3 is 2.35 bits per heavy atom. The van der Waals surface area contributed by atoms with Crippen molar-refractivity contribution in [2.75, 3.05) is 26.4 Å². The lowest BCUT2D eigenvalue weighted by Gasteiger charge is -2.33. The van der Waals surface area contributed by atoms with Crippen molar-refractivity contribution in [1.82, 2.24) is 15.5 Å². The van der Waals surface area contributed by atoms with Gasteiger partial charge in [-0.15, -0.1) is 0 Å². The van der Waals surface area contributed by atoms with Gasteiger partial charge in [0.25, 0.3) is 11.8 Å². The molecule has 0 radical (unpaired) electrons. The second kappa shape index (κ2) is 7.98. The summed E-state index contributed by atoms with van der Waals surface area (Å²) in [4.78, 5) is 25.0. The molecule has 2 heterocycles. The Kier molecular flexibility index (Phi) is 6.16. The number of alkyl halides is 3. The van der Waals surface area contributed by atoms with Gasteiger partial charge in [-0.2, -0.15) is 13.2 Å². The molecule has 26 heavy (non-hydrogen) atoms. The molecule has 0 bridgehead atoms. The van der Waals surface area contributed by atoms with Gasteiger partial charge < -0.3 is 14.7 Å². The number of nitrogens with one attached hydrogen (secondary N) is 2. The van der Waals surface area contributed by atoms with Crippen molar-refractivity contribution in [3.63, 3.8) is 0 Å². The minimum Gasteiger partial charge on any atom is -0.394 e. The fourth-order valence-corrected chi connectivity index (χ4v) is 2.67. The maximum absolute atomic E-state index is 13.5. The maximum atomic E-state index is 13.5. The summed E-state index contributed by atoms with van der Waals surface area (Å²) < 4.78 is 45.4. The molecule has 1 saturated heterocycles. The van der Waals surface area contributed by atoms with Gasteiger partial charge in [-0.05, 0) is 36.9 Å². The Morgan fingerprint density at radius 1 is 1.19 bits per heavy atom. The van der Waals surface area contributed by atoms with Crippen molar-refractivity contribution in [3.05, 3.63) is 34.7 Å². The predicted molar refractivity (Wildman–Crippen MR) is 88.4 cm³/mol. The Hall–Kier alpha value is -2.24. The highest BCUT2D eigenvalue weighted by Gasteiger charge is 2.41. The van der Waals surface area contributed by atoms with Gasteiger partial charge in [0.2, 0.25) is 0 Å². The Labute approximate surface area is 152 Å². The molecule has 0 aromatic heterocycles. The van der Waals surface area contributed by atoms with Gasteiger partial charge in [-0.1, -0.05) is 0 Å². The standard InChI is InChI=1S/C15H16F3N3O4S/c1-8-6-9(11-12(23)19-14(26)20-13(11)24)7-10(15(16,17)18)21(8)2-4-25-5-3-22/h6-7,22H,2-5H2,1H3,(H2,19,20,23,24,26). The van der Waals surface area contributed by atoms with E-state index in [0.717, 1.165) is 11.0 Å². The number of carbonyl (C=O) groups is 2. The van der Waals surface area contributed by atoms with Crippen molar-refractivity contribution >= 4 is 29.1 Å². The molecular weight excluding hydrogens is 375 g/mol. The molecule has 2 aliphatic heterocycles. The average molecular weight is 391 g/mol. The van der Waals surface area contributed by atoms with E-state index in [2.05, 4.69) is 22.9 Å². The first-order valence-corrected chi connectivity index (χ1v) is 7.90. The molecular formula is C15H16F3N3O4S. The molecule has 0 aromatic rings. The van der Waals surface area contributed by atoms with E-state index in [-0.39, 0.29) is 42.7 Å². The number of thiocarbonyl (C=S) groups is 1. The van der Waals surface area contributed by atoms with Gasteiger partial charge in [-0.3, -0.25) is 20.2 Å². The molecule has 0 aliphatic carbocycles. The van der Waals surface area contributed by atoms with E-state index in [1.165, 1.54) is 13.0 Å². The van der Waals surface area contributed by atoms with Gasteiger partial charge in [0.1, 0.15) is 11.3 Å². The van der Waals surface area contributed by atoms with Crippen molar-refractivity contribution in [2.45, 2.75) is 13.1 Å². The van der Waals surface area contributed by atoms with Crippen molar-refractivity contribution < 1.29 is 32.6 Å². The van der Waals surface area contributed by atoms with Crippen LogP contribution >= 0.6 is 12.2 Å². The number of aliphatic hydroxyl groups is 1. The van der Waals surface area contributed by atoms with Gasteiger partial charge in [-0.25, -0.2) is 0 Å². The highest BCUT2D eigenvalue weighted by molar-refractivity contribution is 7.80. The number of aliphatic hydroxyl groups excluding tert-OH is 1. The zero-order valence-electron chi connectivity index (χ0n) is 13.6. The molecule has 7 nitrogen and oxygen atoms in total. The second-order valence-corrected chi connectivity index (χ2v) is 5.78. The fourth-order valence-electron chi connectivity index (χ4n) is 2.49. The lowest BCUT2D eigenvalue weighted by molar-refractivity contribution is -0.123. The van der Waals surface area contributed by atoms with Crippen LogP contribution in [0.3, 0.4) is 0 Å². The fraction of sp³-hybridized carbons (Fsp3) is 0.400. The van der Waals surface area contributed by atoms with Gasteiger partial charge >= 0.3 is 6.18 Å².